The number of allylic oxidation sites excluding steroid dienone is 2. The lowest BCUT2D eigenvalue weighted by atomic mass is 10.1. The summed E-state index contributed by atoms with van der Waals surface area (Å²) in [6.45, 7) is 8.16. The zero-order valence-electron chi connectivity index (χ0n) is 20.6. The molecule has 32 heavy (non-hydrogen) atoms. The molecule has 2 nitrogen and oxygen atoms in total. The van der Waals surface area contributed by atoms with E-state index in [1.54, 1.807) is 0 Å². The normalized spacial score (nSPS) is 12.5. The third-order valence-electron chi connectivity index (χ3n) is 6.20. The molecule has 0 aliphatic carbocycles. The van der Waals surface area contributed by atoms with Gasteiger partial charge in [0.05, 0.1) is 0 Å². The molecule has 0 unspecified atom stereocenters. The molecule has 2 aromatic carbocycles. The molecule has 1 N–H and O–H groups in total. The van der Waals surface area contributed by atoms with Gasteiger partial charge >= 0.3 is 0 Å². The van der Waals surface area contributed by atoms with Gasteiger partial charge in [0.2, 0.25) is 0 Å². The summed E-state index contributed by atoms with van der Waals surface area (Å²) in [5.41, 5.74) is 0. The summed E-state index contributed by atoms with van der Waals surface area (Å²) in [6, 6.07) is 21.8. The molecule has 0 aliphatic heterocycles. The number of hydrogen-bond donors (Lipinski definition) is 1. The topological polar surface area (TPSA) is 29.5 Å². The third-order valence-corrected chi connectivity index (χ3v) is 11.2. The molecule has 0 atom stereocenters. The minimum atomic E-state index is -2.38. The third kappa shape index (κ3) is 8.02. The van der Waals surface area contributed by atoms with Gasteiger partial charge in [-0.1, -0.05) is 113 Å². The van der Waals surface area contributed by atoms with E-state index < -0.39 is 8.32 Å². The molecule has 0 saturated carbocycles. The lowest BCUT2D eigenvalue weighted by molar-refractivity contribution is 0.282. The highest BCUT2D eigenvalue weighted by Gasteiger charge is 2.49. The van der Waals surface area contributed by atoms with E-state index in [0.29, 0.717) is 6.61 Å². The molecule has 3 heteroatoms. The van der Waals surface area contributed by atoms with Crippen LogP contribution in [0.1, 0.15) is 78.6 Å². The highest BCUT2D eigenvalue weighted by molar-refractivity contribution is 6.99. The molecule has 0 bridgehead atoms. The van der Waals surface area contributed by atoms with Crippen LogP contribution in [0.15, 0.2) is 72.8 Å². The Kier molecular flexibility index (Phi) is 12.0. The molecule has 0 aromatic heterocycles. The molecule has 2 aromatic rings. The molecule has 0 amide bonds. The summed E-state index contributed by atoms with van der Waals surface area (Å²) in [5.74, 6) is 0. The van der Waals surface area contributed by atoms with Crippen LogP contribution in [0.5, 0.6) is 0 Å². The maximum atomic E-state index is 8.81. The number of benzene rings is 2. The number of unbranched alkanes of at least 4 members (excludes halogenated alkanes) is 7. The molecule has 0 radical (unpaired) electrons. The summed E-state index contributed by atoms with van der Waals surface area (Å²) < 4.78 is 6.96. The Labute approximate surface area is 197 Å². The van der Waals surface area contributed by atoms with E-state index in [4.69, 9.17) is 9.53 Å². The summed E-state index contributed by atoms with van der Waals surface area (Å²) in [5, 5.41) is 11.6. The molecule has 176 valence electrons. The van der Waals surface area contributed by atoms with Crippen LogP contribution in [0, 0.1) is 0 Å². The van der Waals surface area contributed by atoms with Crippen LogP contribution < -0.4 is 10.4 Å². The van der Waals surface area contributed by atoms with Crippen molar-refractivity contribution in [2.75, 3.05) is 13.2 Å². The van der Waals surface area contributed by atoms with Crippen molar-refractivity contribution in [2.45, 2.75) is 83.6 Å². The Hall–Kier alpha value is -1.68. The molecular formula is C29H44O2Si. The summed E-state index contributed by atoms with van der Waals surface area (Å²) in [4.78, 5) is 0. The fourth-order valence-corrected chi connectivity index (χ4v) is 9.10. The van der Waals surface area contributed by atoms with Gasteiger partial charge in [0.25, 0.3) is 8.32 Å². The molecule has 0 saturated heterocycles. The maximum Gasteiger partial charge on any atom is 0.261 e. The van der Waals surface area contributed by atoms with Gasteiger partial charge in [-0.3, -0.25) is 0 Å². The fourth-order valence-electron chi connectivity index (χ4n) is 4.49. The average Bonchev–Trinajstić information content (AvgIpc) is 2.80. The SMILES string of the molecule is CC(C)(C)[Si](OCCCC/C=C\CCCCCCCO)(c1ccccc1)c1ccccc1. The minimum absolute atomic E-state index is 0.0484. The van der Waals surface area contributed by atoms with Crippen LogP contribution in [0.3, 0.4) is 0 Å². The van der Waals surface area contributed by atoms with Crippen molar-refractivity contribution in [2.24, 2.45) is 0 Å². The van der Waals surface area contributed by atoms with Gasteiger partial charge in [-0.15, -0.1) is 0 Å². The van der Waals surface area contributed by atoms with Crippen LogP contribution >= 0.6 is 0 Å². The summed E-state index contributed by atoms with van der Waals surface area (Å²) in [7, 11) is -2.38. The van der Waals surface area contributed by atoms with E-state index in [1.807, 2.05) is 0 Å². The molecule has 2 rings (SSSR count). The standard InChI is InChI=1S/C29H44O2Si/c1-29(2,3)32(27-21-15-13-16-22-27,28-23-17-14-18-24-28)31-26-20-12-10-8-6-4-5-7-9-11-19-25-30/h6,8,13-18,21-24,30H,4-5,7,9-12,19-20,25-26H2,1-3H3/b8-6-. The van der Waals surface area contributed by atoms with Gasteiger partial charge in [0.15, 0.2) is 0 Å². The van der Waals surface area contributed by atoms with E-state index in [9.17, 15) is 0 Å². The maximum absolute atomic E-state index is 8.81. The Balaban J connectivity index is 1.88. The van der Waals surface area contributed by atoms with Crippen molar-refractivity contribution >= 4 is 18.7 Å². The van der Waals surface area contributed by atoms with Gasteiger partial charge in [0, 0.05) is 13.2 Å². The highest BCUT2D eigenvalue weighted by Crippen LogP contribution is 2.36. The van der Waals surface area contributed by atoms with Crippen LogP contribution in [-0.4, -0.2) is 26.6 Å². The van der Waals surface area contributed by atoms with Crippen molar-refractivity contribution in [1.82, 2.24) is 0 Å². The first-order chi connectivity index (χ1) is 15.5. The second kappa shape index (κ2) is 14.5. The molecule has 0 spiro atoms. The van der Waals surface area contributed by atoms with Crippen LogP contribution in [0.25, 0.3) is 0 Å². The van der Waals surface area contributed by atoms with Crippen molar-refractivity contribution < 1.29 is 9.53 Å². The first kappa shape index (κ1) is 26.6. The van der Waals surface area contributed by atoms with E-state index >= 15 is 0 Å². The van der Waals surface area contributed by atoms with Gasteiger partial charge in [-0.2, -0.15) is 0 Å². The molecule has 0 fully saturated rings. The average molecular weight is 453 g/mol. The van der Waals surface area contributed by atoms with Crippen molar-refractivity contribution in [3.05, 3.63) is 72.8 Å². The second-order valence-corrected chi connectivity index (χ2v) is 14.1. The highest BCUT2D eigenvalue weighted by atomic mass is 28.4. The van der Waals surface area contributed by atoms with Gasteiger partial charge in [0.1, 0.15) is 0 Å². The zero-order valence-corrected chi connectivity index (χ0v) is 21.6. The summed E-state index contributed by atoms with van der Waals surface area (Å²) in [6.07, 6.45) is 15.2. The van der Waals surface area contributed by atoms with Gasteiger partial charge in [-0.25, -0.2) is 0 Å². The largest absolute Gasteiger partial charge is 0.407 e. The monoisotopic (exact) mass is 452 g/mol. The fraction of sp³-hybridized carbons (Fsp3) is 0.517. The molecule has 0 aliphatic rings. The van der Waals surface area contributed by atoms with Crippen molar-refractivity contribution in [3.63, 3.8) is 0 Å². The number of hydrogen-bond acceptors (Lipinski definition) is 2. The van der Waals surface area contributed by atoms with Crippen molar-refractivity contribution in [1.29, 1.82) is 0 Å². The number of rotatable bonds is 15. The van der Waals surface area contributed by atoms with E-state index in [0.717, 1.165) is 32.3 Å². The van der Waals surface area contributed by atoms with Crippen LogP contribution in [0.4, 0.5) is 0 Å². The van der Waals surface area contributed by atoms with Crippen LogP contribution in [-0.2, 0) is 4.43 Å². The first-order valence-electron chi connectivity index (χ1n) is 12.5. The Morgan fingerprint density at radius 1 is 0.688 bits per heavy atom. The number of aliphatic hydroxyl groups excluding tert-OH is 1. The smallest absolute Gasteiger partial charge is 0.261 e. The Morgan fingerprint density at radius 3 is 1.66 bits per heavy atom. The second-order valence-electron chi connectivity index (χ2n) is 9.76. The Bertz CT molecular complexity index is 710. The quantitative estimate of drug-likeness (QED) is 0.187. The minimum Gasteiger partial charge on any atom is -0.407 e. The predicted octanol–water partition coefficient (Wildman–Crippen LogP) is 6.62. The van der Waals surface area contributed by atoms with E-state index in [1.165, 1.54) is 42.5 Å². The van der Waals surface area contributed by atoms with Crippen LogP contribution in [0.2, 0.25) is 5.04 Å². The van der Waals surface area contributed by atoms with E-state index in [2.05, 4.69) is 93.6 Å². The molecule has 0 heterocycles. The number of aliphatic hydroxyl groups is 1. The van der Waals surface area contributed by atoms with Crippen molar-refractivity contribution in [3.8, 4) is 0 Å². The lowest BCUT2D eigenvalue weighted by Gasteiger charge is -2.43. The first-order valence-corrected chi connectivity index (χ1v) is 14.4. The lowest BCUT2D eigenvalue weighted by Crippen LogP contribution is -2.66. The van der Waals surface area contributed by atoms with Gasteiger partial charge < -0.3 is 9.53 Å². The Morgan fingerprint density at radius 2 is 1.16 bits per heavy atom. The van der Waals surface area contributed by atoms with E-state index in [-0.39, 0.29) is 5.04 Å². The predicted molar refractivity (Wildman–Crippen MR) is 141 cm³/mol. The summed E-state index contributed by atoms with van der Waals surface area (Å²) >= 11 is 0. The van der Waals surface area contributed by atoms with Gasteiger partial charge in [-0.05, 0) is 53.9 Å². The molecular weight excluding hydrogens is 408 g/mol. The zero-order chi connectivity index (χ0) is 23.1.